The molecule has 2 atom stereocenters. The highest BCUT2D eigenvalue weighted by atomic mass is 15.3. The summed E-state index contributed by atoms with van der Waals surface area (Å²) in [6, 6.07) is 59.7. The summed E-state index contributed by atoms with van der Waals surface area (Å²) in [6.07, 6.45) is 4.64. The second-order valence-corrected chi connectivity index (χ2v) is 25.2. The summed E-state index contributed by atoms with van der Waals surface area (Å²) in [5, 5.41) is 0. The molecular formula is C65H72BN3. The maximum atomic E-state index is 2.81. The number of anilines is 8. The summed E-state index contributed by atoms with van der Waals surface area (Å²) in [5.74, 6) is 0. The van der Waals surface area contributed by atoms with Crippen LogP contribution in [0.1, 0.15) is 149 Å². The monoisotopic (exact) mass is 906 g/mol. The standard InChI is InChI=1S/C65H72BN3/c1-60(2,3)43-25-27-45(28-26-43)65-38-20-19-37-64(65,13)69(54-36-31-46(39-51(54)65)62(7,8)9)50-34-35-53-56(42-50)68(49-32-29-44(30-33-49)61(4,5)6)58-41-47(63(10,11)12)40-57-59(58)66(53)52-23-17-18-24-55(52)67(57)48-21-15-14-16-22-48/h14-18,21-36,39-42H,19-20,37-38H2,1-13H3. The van der Waals surface area contributed by atoms with Crippen LogP contribution in [0.5, 0.6) is 0 Å². The summed E-state index contributed by atoms with van der Waals surface area (Å²) in [7, 11) is 0. The van der Waals surface area contributed by atoms with E-state index in [4.69, 9.17) is 0 Å². The zero-order valence-corrected chi connectivity index (χ0v) is 43.7. The fraction of sp³-hybridized carbons (Fsp3) is 0.354. The van der Waals surface area contributed by atoms with Gasteiger partial charge in [-0.2, -0.15) is 0 Å². The van der Waals surface area contributed by atoms with Gasteiger partial charge in [-0.3, -0.25) is 0 Å². The first-order valence-corrected chi connectivity index (χ1v) is 25.8. The van der Waals surface area contributed by atoms with Crippen LogP contribution < -0.4 is 31.1 Å². The first-order chi connectivity index (χ1) is 32.6. The van der Waals surface area contributed by atoms with Crippen molar-refractivity contribution in [3.63, 3.8) is 0 Å². The van der Waals surface area contributed by atoms with Crippen LogP contribution in [0.25, 0.3) is 0 Å². The Labute approximate surface area is 414 Å². The SMILES string of the molecule is CC(C)(C)c1ccc(N2c3cc(N4c5ccc(C(C)(C)C)cc5C5(c6ccc(C(C)(C)C)cc6)CCCCC45C)ccc3B3c4ccccc4N(c4ccccc4)c4cc(C(C)(C)C)cc2c43)cc1. The van der Waals surface area contributed by atoms with Crippen LogP contribution in [0, 0.1) is 0 Å². The highest BCUT2D eigenvalue weighted by Gasteiger charge is 2.61. The lowest BCUT2D eigenvalue weighted by Gasteiger charge is -2.52. The van der Waals surface area contributed by atoms with Gasteiger partial charge in [0.1, 0.15) is 0 Å². The average molecular weight is 906 g/mol. The summed E-state index contributed by atoms with van der Waals surface area (Å²) < 4.78 is 0. The highest BCUT2D eigenvalue weighted by molar-refractivity contribution is 7.00. The fourth-order valence-electron chi connectivity index (χ4n) is 12.9. The van der Waals surface area contributed by atoms with Crippen LogP contribution in [0.4, 0.5) is 45.5 Å². The van der Waals surface area contributed by atoms with E-state index in [9.17, 15) is 0 Å². The van der Waals surface area contributed by atoms with Crippen molar-refractivity contribution in [3.05, 3.63) is 185 Å². The number of nitrogens with zero attached hydrogens (tertiary/aromatic N) is 3. The van der Waals surface area contributed by atoms with E-state index in [-0.39, 0.29) is 39.3 Å². The maximum absolute atomic E-state index is 2.81. The van der Waals surface area contributed by atoms with Crippen molar-refractivity contribution in [1.82, 2.24) is 0 Å². The van der Waals surface area contributed by atoms with Crippen molar-refractivity contribution in [1.29, 1.82) is 0 Å². The predicted molar refractivity (Wildman–Crippen MR) is 298 cm³/mol. The van der Waals surface area contributed by atoms with E-state index in [2.05, 4.69) is 256 Å². The number of fused-ring (bicyclic) bond motifs is 7. The normalized spacial score (nSPS) is 19.7. The Morgan fingerprint density at radius 1 is 0.406 bits per heavy atom. The highest BCUT2D eigenvalue weighted by Crippen LogP contribution is 2.64. The molecule has 1 fully saturated rings. The van der Waals surface area contributed by atoms with Gasteiger partial charge in [0.05, 0.1) is 5.54 Å². The number of hydrogen-bond donors (Lipinski definition) is 0. The minimum atomic E-state index is -0.215. The molecule has 1 saturated carbocycles. The lowest BCUT2D eigenvalue weighted by atomic mass is 9.33. The molecule has 0 saturated heterocycles. The molecule has 0 spiro atoms. The zero-order chi connectivity index (χ0) is 48.6. The van der Waals surface area contributed by atoms with Gasteiger partial charge in [-0.25, -0.2) is 0 Å². The van der Waals surface area contributed by atoms with E-state index in [0.717, 1.165) is 12.8 Å². The molecule has 7 aromatic rings. The lowest BCUT2D eigenvalue weighted by Crippen LogP contribution is -2.61. The van der Waals surface area contributed by atoms with Gasteiger partial charge >= 0.3 is 0 Å². The molecule has 11 rings (SSSR count). The molecule has 4 aliphatic rings. The number of benzene rings is 7. The van der Waals surface area contributed by atoms with E-state index in [1.807, 2.05) is 0 Å². The summed E-state index contributed by atoms with van der Waals surface area (Å²) >= 11 is 0. The van der Waals surface area contributed by atoms with Crippen molar-refractivity contribution in [2.75, 3.05) is 14.7 Å². The molecule has 3 heterocycles. The van der Waals surface area contributed by atoms with Crippen LogP contribution in [0.3, 0.4) is 0 Å². The molecule has 0 bridgehead atoms. The molecule has 69 heavy (non-hydrogen) atoms. The second kappa shape index (κ2) is 15.5. The number of para-hydroxylation sites is 2. The third-order valence-corrected chi connectivity index (χ3v) is 16.8. The first kappa shape index (κ1) is 45.4. The van der Waals surface area contributed by atoms with E-state index in [1.54, 1.807) is 0 Å². The Morgan fingerprint density at radius 3 is 1.54 bits per heavy atom. The van der Waals surface area contributed by atoms with Crippen LogP contribution in [-0.2, 0) is 27.1 Å². The molecule has 1 aliphatic carbocycles. The Morgan fingerprint density at radius 2 is 0.913 bits per heavy atom. The average Bonchev–Trinajstić information content (AvgIpc) is 3.55. The molecule has 0 N–H and O–H groups in total. The molecule has 4 heteroatoms. The zero-order valence-electron chi connectivity index (χ0n) is 43.7. The van der Waals surface area contributed by atoms with Crippen LogP contribution in [-0.4, -0.2) is 12.3 Å². The van der Waals surface area contributed by atoms with Gasteiger partial charge in [-0.1, -0.05) is 187 Å². The molecule has 0 aromatic heterocycles. The molecular weight excluding hydrogens is 834 g/mol. The Kier molecular flexibility index (Phi) is 10.2. The largest absolute Gasteiger partial charge is 0.334 e. The summed E-state index contributed by atoms with van der Waals surface area (Å²) in [4.78, 5) is 7.98. The molecule has 3 nitrogen and oxygen atoms in total. The summed E-state index contributed by atoms with van der Waals surface area (Å²) in [6.45, 7) is 30.8. The predicted octanol–water partition coefficient (Wildman–Crippen LogP) is 15.7. The van der Waals surface area contributed by atoms with Gasteiger partial charge in [-0.15, -0.1) is 0 Å². The van der Waals surface area contributed by atoms with E-state index in [1.165, 1.54) is 108 Å². The second-order valence-electron chi connectivity index (χ2n) is 25.2. The Hall–Kier alpha value is -6.00. The quantitative estimate of drug-likeness (QED) is 0.163. The van der Waals surface area contributed by atoms with Crippen molar-refractivity contribution < 1.29 is 0 Å². The van der Waals surface area contributed by atoms with Crippen LogP contribution in [0.15, 0.2) is 152 Å². The minimum Gasteiger partial charge on any atom is -0.334 e. The van der Waals surface area contributed by atoms with E-state index in [0.29, 0.717) is 0 Å². The third kappa shape index (κ3) is 6.97. The topological polar surface area (TPSA) is 9.72 Å². The Bertz CT molecular complexity index is 3120. The fourth-order valence-corrected chi connectivity index (χ4v) is 12.9. The van der Waals surface area contributed by atoms with Crippen molar-refractivity contribution in [3.8, 4) is 0 Å². The number of rotatable bonds is 4. The van der Waals surface area contributed by atoms with Gasteiger partial charge in [0, 0.05) is 50.9 Å². The van der Waals surface area contributed by atoms with Gasteiger partial charge in [0.2, 0.25) is 0 Å². The van der Waals surface area contributed by atoms with Crippen molar-refractivity contribution in [2.45, 2.75) is 148 Å². The molecule has 3 aliphatic heterocycles. The van der Waals surface area contributed by atoms with Crippen LogP contribution in [0.2, 0.25) is 0 Å². The molecule has 0 radical (unpaired) electrons. The number of hydrogen-bond acceptors (Lipinski definition) is 3. The first-order valence-electron chi connectivity index (χ1n) is 25.8. The van der Waals surface area contributed by atoms with Gasteiger partial charge in [0.15, 0.2) is 0 Å². The molecule has 2 unspecified atom stereocenters. The van der Waals surface area contributed by atoms with Crippen molar-refractivity contribution in [2.24, 2.45) is 0 Å². The van der Waals surface area contributed by atoms with Gasteiger partial charge in [-0.05, 0) is 152 Å². The Balaban J connectivity index is 1.19. The van der Waals surface area contributed by atoms with Gasteiger partial charge in [0.25, 0.3) is 6.71 Å². The lowest BCUT2D eigenvalue weighted by molar-refractivity contribution is 0.215. The van der Waals surface area contributed by atoms with Crippen LogP contribution >= 0.6 is 0 Å². The molecule has 7 aromatic carbocycles. The minimum absolute atomic E-state index is 0.0180. The smallest absolute Gasteiger partial charge is 0.252 e. The van der Waals surface area contributed by atoms with E-state index < -0.39 is 0 Å². The third-order valence-electron chi connectivity index (χ3n) is 16.8. The van der Waals surface area contributed by atoms with Gasteiger partial charge < -0.3 is 14.7 Å². The molecule has 0 amide bonds. The molecule has 350 valence electrons. The van der Waals surface area contributed by atoms with E-state index >= 15 is 0 Å². The summed E-state index contributed by atoms with van der Waals surface area (Å²) in [5.41, 5.74) is 22.1. The van der Waals surface area contributed by atoms with Crippen molar-refractivity contribution >= 4 is 68.6 Å². The maximum Gasteiger partial charge on any atom is 0.252 e.